The Hall–Kier alpha value is -2.19. The fourth-order valence-electron chi connectivity index (χ4n) is 3.15. The van der Waals surface area contributed by atoms with Crippen LogP contribution in [0.5, 0.6) is 0 Å². The number of benzene rings is 1. The highest BCUT2D eigenvalue weighted by Crippen LogP contribution is 2.19. The maximum absolute atomic E-state index is 12.3. The van der Waals surface area contributed by atoms with Crippen molar-refractivity contribution in [2.45, 2.75) is 25.8 Å². The summed E-state index contributed by atoms with van der Waals surface area (Å²) in [7, 11) is -3.23. The van der Waals surface area contributed by atoms with Gasteiger partial charge in [-0.2, -0.15) is 4.31 Å². The van der Waals surface area contributed by atoms with Gasteiger partial charge in [0.2, 0.25) is 15.9 Å². The van der Waals surface area contributed by atoms with Crippen LogP contribution in [0.25, 0.3) is 6.08 Å². The van der Waals surface area contributed by atoms with Crippen molar-refractivity contribution in [2.24, 2.45) is 0 Å². The molecule has 26 heavy (non-hydrogen) atoms. The fourth-order valence-corrected chi connectivity index (χ4v) is 4.37. The first-order valence-corrected chi connectivity index (χ1v) is 10.3. The predicted molar refractivity (Wildman–Crippen MR) is 99.3 cm³/mol. The van der Waals surface area contributed by atoms with Gasteiger partial charge < -0.3 is 10.0 Å². The molecule has 0 bridgehead atoms. The Kier molecular flexibility index (Phi) is 6.55. The molecule has 8 heteroatoms. The van der Waals surface area contributed by atoms with Crippen LogP contribution in [0.4, 0.5) is 0 Å². The number of nitrogens with zero attached hydrogens (tertiary/aromatic N) is 2. The van der Waals surface area contributed by atoms with Crippen LogP contribution in [0.3, 0.4) is 0 Å². The Bertz CT molecular complexity index is 778. The van der Waals surface area contributed by atoms with Crippen molar-refractivity contribution >= 4 is 28.0 Å². The predicted octanol–water partition coefficient (Wildman–Crippen LogP) is 1.67. The maximum atomic E-state index is 12.3. The molecule has 0 saturated carbocycles. The van der Waals surface area contributed by atoms with Crippen LogP contribution < -0.4 is 0 Å². The van der Waals surface area contributed by atoms with Crippen LogP contribution in [0, 0.1) is 0 Å². The molecule has 2 rings (SSSR count). The standard InChI is InChI=1S/C18H24N2O5S/c1-3-20(26(2,24)25)16-10-12-19(13-11-16)17(21)9-6-14-4-7-15(8-5-14)18(22)23/h4-9,16H,3,10-13H2,1-2H3,(H,22,23). The Morgan fingerprint density at radius 3 is 2.27 bits per heavy atom. The minimum absolute atomic E-state index is 0.0633. The number of carboxylic acid groups (broad SMARTS) is 1. The number of hydrogen-bond acceptors (Lipinski definition) is 4. The molecular weight excluding hydrogens is 356 g/mol. The summed E-state index contributed by atoms with van der Waals surface area (Å²) in [6.07, 6.45) is 5.56. The minimum Gasteiger partial charge on any atom is -0.478 e. The van der Waals surface area contributed by atoms with Crippen LogP contribution >= 0.6 is 0 Å². The second-order valence-corrected chi connectivity index (χ2v) is 8.22. The highest BCUT2D eigenvalue weighted by atomic mass is 32.2. The van der Waals surface area contributed by atoms with Crippen molar-refractivity contribution in [3.8, 4) is 0 Å². The monoisotopic (exact) mass is 380 g/mol. The van der Waals surface area contributed by atoms with Gasteiger partial charge in [-0.25, -0.2) is 13.2 Å². The van der Waals surface area contributed by atoms with Crippen molar-refractivity contribution in [1.82, 2.24) is 9.21 Å². The normalized spacial score (nSPS) is 16.3. The van der Waals surface area contributed by atoms with Crippen LogP contribution in [0.15, 0.2) is 30.3 Å². The molecule has 0 aliphatic carbocycles. The smallest absolute Gasteiger partial charge is 0.335 e. The van der Waals surface area contributed by atoms with Gasteiger partial charge in [0.15, 0.2) is 0 Å². The number of carboxylic acids is 1. The van der Waals surface area contributed by atoms with Gasteiger partial charge in [-0.3, -0.25) is 4.79 Å². The SMILES string of the molecule is CCN(C1CCN(C(=O)C=Cc2ccc(C(=O)O)cc2)CC1)S(C)(=O)=O. The summed E-state index contributed by atoms with van der Waals surface area (Å²) in [4.78, 5) is 24.8. The molecule has 1 aromatic rings. The Morgan fingerprint density at radius 1 is 1.23 bits per heavy atom. The highest BCUT2D eigenvalue weighted by Gasteiger charge is 2.29. The number of carbonyl (C=O) groups excluding carboxylic acids is 1. The second kappa shape index (κ2) is 8.46. The third-order valence-electron chi connectivity index (χ3n) is 4.50. The Balaban J connectivity index is 1.92. The van der Waals surface area contributed by atoms with E-state index in [1.165, 1.54) is 28.8 Å². The van der Waals surface area contributed by atoms with Crippen LogP contribution in [0.2, 0.25) is 0 Å². The molecule has 142 valence electrons. The summed E-state index contributed by atoms with van der Waals surface area (Å²) in [5.74, 6) is -1.12. The van der Waals surface area contributed by atoms with Gasteiger partial charge in [0.25, 0.3) is 0 Å². The van der Waals surface area contributed by atoms with Gasteiger partial charge in [0.05, 0.1) is 11.8 Å². The average molecular weight is 380 g/mol. The lowest BCUT2D eigenvalue weighted by Crippen LogP contribution is -2.48. The van der Waals surface area contributed by atoms with E-state index in [0.29, 0.717) is 32.5 Å². The molecule has 0 spiro atoms. The number of sulfonamides is 1. The number of likely N-dealkylation sites (tertiary alicyclic amines) is 1. The van der Waals surface area contributed by atoms with Crippen molar-refractivity contribution in [1.29, 1.82) is 0 Å². The molecule has 0 radical (unpaired) electrons. The molecular formula is C18H24N2O5S. The first-order valence-electron chi connectivity index (χ1n) is 8.49. The van der Waals surface area contributed by atoms with Crippen LogP contribution in [-0.2, 0) is 14.8 Å². The van der Waals surface area contributed by atoms with E-state index in [0.717, 1.165) is 5.56 Å². The van der Waals surface area contributed by atoms with Gasteiger partial charge >= 0.3 is 5.97 Å². The molecule has 1 aliphatic heterocycles. The molecule has 1 amide bonds. The number of rotatable bonds is 6. The van der Waals surface area contributed by atoms with Crippen molar-refractivity contribution < 1.29 is 23.1 Å². The van der Waals surface area contributed by atoms with Crippen molar-refractivity contribution in [3.05, 3.63) is 41.5 Å². The third-order valence-corrected chi connectivity index (χ3v) is 5.91. The van der Waals surface area contributed by atoms with E-state index >= 15 is 0 Å². The van der Waals surface area contributed by atoms with Crippen LogP contribution in [0.1, 0.15) is 35.7 Å². The van der Waals surface area contributed by atoms with Gasteiger partial charge in [0.1, 0.15) is 0 Å². The zero-order valence-electron chi connectivity index (χ0n) is 15.0. The van der Waals surface area contributed by atoms with Crippen molar-refractivity contribution in [2.75, 3.05) is 25.9 Å². The van der Waals surface area contributed by atoms with E-state index in [-0.39, 0.29) is 17.5 Å². The van der Waals surface area contributed by atoms with E-state index in [4.69, 9.17) is 5.11 Å². The van der Waals surface area contributed by atoms with Crippen molar-refractivity contribution in [3.63, 3.8) is 0 Å². The lowest BCUT2D eigenvalue weighted by atomic mass is 10.0. The summed E-state index contributed by atoms with van der Waals surface area (Å²) >= 11 is 0. The summed E-state index contributed by atoms with van der Waals surface area (Å²) in [6, 6.07) is 6.20. The van der Waals surface area contributed by atoms with E-state index in [9.17, 15) is 18.0 Å². The fraction of sp³-hybridized carbons (Fsp3) is 0.444. The lowest BCUT2D eigenvalue weighted by molar-refractivity contribution is -0.127. The van der Waals surface area contributed by atoms with Gasteiger partial charge in [-0.1, -0.05) is 19.1 Å². The minimum atomic E-state index is -3.23. The van der Waals surface area contributed by atoms with E-state index in [2.05, 4.69) is 0 Å². The van der Waals surface area contributed by atoms with Gasteiger partial charge in [-0.05, 0) is 36.6 Å². The zero-order valence-corrected chi connectivity index (χ0v) is 15.8. The molecule has 1 N–H and O–H groups in total. The Morgan fingerprint density at radius 2 is 1.81 bits per heavy atom. The zero-order chi connectivity index (χ0) is 19.3. The topological polar surface area (TPSA) is 95.0 Å². The summed E-state index contributed by atoms with van der Waals surface area (Å²) in [6.45, 7) is 3.27. The first-order chi connectivity index (χ1) is 12.2. The molecule has 1 heterocycles. The number of carbonyl (C=O) groups is 2. The first kappa shape index (κ1) is 20.1. The van der Waals surface area contributed by atoms with E-state index in [1.54, 1.807) is 23.1 Å². The van der Waals surface area contributed by atoms with Crippen LogP contribution in [-0.4, -0.2) is 66.5 Å². The molecule has 0 atom stereocenters. The molecule has 0 unspecified atom stereocenters. The lowest BCUT2D eigenvalue weighted by Gasteiger charge is -2.36. The number of piperidine rings is 1. The largest absolute Gasteiger partial charge is 0.478 e. The maximum Gasteiger partial charge on any atom is 0.335 e. The summed E-state index contributed by atoms with van der Waals surface area (Å²) in [5.41, 5.74) is 0.939. The summed E-state index contributed by atoms with van der Waals surface area (Å²) < 4.78 is 25.1. The molecule has 1 fully saturated rings. The molecule has 1 saturated heterocycles. The third kappa shape index (κ3) is 5.15. The Labute approximate surface area is 154 Å². The van der Waals surface area contributed by atoms with E-state index < -0.39 is 16.0 Å². The van der Waals surface area contributed by atoms with E-state index in [1.807, 2.05) is 6.92 Å². The molecule has 0 aromatic heterocycles. The number of aromatic carboxylic acids is 1. The van der Waals surface area contributed by atoms with Gasteiger partial charge in [-0.15, -0.1) is 0 Å². The second-order valence-electron chi connectivity index (χ2n) is 6.28. The number of hydrogen-bond donors (Lipinski definition) is 1. The highest BCUT2D eigenvalue weighted by molar-refractivity contribution is 7.88. The number of amides is 1. The molecule has 1 aromatic carbocycles. The van der Waals surface area contributed by atoms with Gasteiger partial charge in [0, 0.05) is 31.8 Å². The molecule has 1 aliphatic rings. The quantitative estimate of drug-likeness (QED) is 0.758. The summed E-state index contributed by atoms with van der Waals surface area (Å²) in [5, 5.41) is 8.87. The average Bonchev–Trinajstić information content (AvgIpc) is 2.60. The molecule has 7 nitrogen and oxygen atoms in total.